The molecule has 1 unspecified atom stereocenters. The molecule has 2 amide bonds. The van der Waals surface area contributed by atoms with Crippen molar-refractivity contribution in [2.45, 2.75) is 31.3 Å². The maximum Gasteiger partial charge on any atom is 0.573 e. The number of ether oxygens (including phenoxy) is 2. The molecule has 1 heterocycles. The second kappa shape index (κ2) is 9.25. The molecule has 2 aromatic carbocycles. The standard InChI is InChI=1S/C21H24F3N3O3/c1-29-19-8-7-16(30-21(22,23)24)11-15(19)12-26-18-9-10-27(20(25)28)13-17(18)14-5-3-2-4-6-14/h2-8,11,17-18,26H,9-10,12-13H2,1H3,(H2,25,28)/t17?,18-/m0/s1. The van der Waals surface area contributed by atoms with Crippen LogP contribution in [0.5, 0.6) is 11.5 Å². The maximum atomic E-state index is 12.6. The molecular formula is C21H24F3N3O3. The van der Waals surface area contributed by atoms with Crippen molar-refractivity contribution in [3.63, 3.8) is 0 Å². The van der Waals surface area contributed by atoms with Crippen molar-refractivity contribution < 1.29 is 27.4 Å². The van der Waals surface area contributed by atoms with Gasteiger partial charge < -0.3 is 25.4 Å². The molecule has 3 N–H and O–H groups in total. The number of amides is 2. The van der Waals surface area contributed by atoms with E-state index in [1.165, 1.54) is 25.3 Å². The SMILES string of the molecule is COc1ccc(OC(F)(F)F)cc1CN[C@H]1CCN(C(N)=O)CC1c1ccccc1. The summed E-state index contributed by atoms with van der Waals surface area (Å²) < 4.78 is 47.0. The Bertz CT molecular complexity index is 862. The molecule has 0 aliphatic carbocycles. The van der Waals surface area contributed by atoms with Gasteiger partial charge in [-0.05, 0) is 30.2 Å². The summed E-state index contributed by atoms with van der Waals surface area (Å²) >= 11 is 0. The van der Waals surface area contributed by atoms with E-state index < -0.39 is 12.4 Å². The van der Waals surface area contributed by atoms with E-state index in [2.05, 4.69) is 10.1 Å². The highest BCUT2D eigenvalue weighted by Crippen LogP contribution is 2.31. The number of alkyl halides is 3. The van der Waals surface area contributed by atoms with E-state index in [1.54, 1.807) is 4.90 Å². The van der Waals surface area contributed by atoms with Crippen LogP contribution >= 0.6 is 0 Å². The van der Waals surface area contributed by atoms with Gasteiger partial charge in [-0.1, -0.05) is 30.3 Å². The minimum absolute atomic E-state index is 0.0000956. The first-order valence-electron chi connectivity index (χ1n) is 9.52. The number of carbonyl (C=O) groups excluding carboxylic acids is 1. The van der Waals surface area contributed by atoms with Crippen LogP contribution in [0.2, 0.25) is 0 Å². The zero-order valence-corrected chi connectivity index (χ0v) is 16.5. The van der Waals surface area contributed by atoms with Gasteiger partial charge in [0, 0.05) is 37.2 Å². The Balaban J connectivity index is 1.77. The summed E-state index contributed by atoms with van der Waals surface area (Å²) in [6.07, 6.45) is -4.11. The van der Waals surface area contributed by atoms with Crippen molar-refractivity contribution in [3.05, 3.63) is 59.7 Å². The van der Waals surface area contributed by atoms with Gasteiger partial charge >= 0.3 is 12.4 Å². The van der Waals surface area contributed by atoms with Crippen molar-refractivity contribution in [3.8, 4) is 11.5 Å². The fourth-order valence-corrected chi connectivity index (χ4v) is 3.77. The highest BCUT2D eigenvalue weighted by Gasteiger charge is 2.33. The lowest BCUT2D eigenvalue weighted by molar-refractivity contribution is -0.274. The molecule has 3 rings (SSSR count). The molecule has 162 valence electrons. The lowest BCUT2D eigenvalue weighted by Gasteiger charge is -2.38. The average molecular weight is 423 g/mol. The number of methoxy groups -OCH3 is 1. The summed E-state index contributed by atoms with van der Waals surface area (Å²) in [5, 5.41) is 3.42. The number of carbonyl (C=O) groups is 1. The van der Waals surface area contributed by atoms with Crippen molar-refractivity contribution in [1.82, 2.24) is 10.2 Å². The molecule has 1 aliphatic rings. The first-order valence-corrected chi connectivity index (χ1v) is 9.52. The summed E-state index contributed by atoms with van der Waals surface area (Å²) in [6.45, 7) is 1.25. The highest BCUT2D eigenvalue weighted by molar-refractivity contribution is 5.72. The van der Waals surface area contributed by atoms with Crippen molar-refractivity contribution in [2.24, 2.45) is 5.73 Å². The number of nitrogens with zero attached hydrogens (tertiary/aromatic N) is 1. The van der Waals surface area contributed by atoms with Crippen LogP contribution in [0.4, 0.5) is 18.0 Å². The zero-order valence-electron chi connectivity index (χ0n) is 16.5. The summed E-state index contributed by atoms with van der Waals surface area (Å²) in [4.78, 5) is 13.3. The topological polar surface area (TPSA) is 76.8 Å². The van der Waals surface area contributed by atoms with Gasteiger partial charge in [0.2, 0.25) is 0 Å². The Hall–Kier alpha value is -2.94. The number of rotatable bonds is 6. The van der Waals surface area contributed by atoms with E-state index in [-0.39, 0.29) is 24.3 Å². The van der Waals surface area contributed by atoms with Crippen molar-refractivity contribution >= 4 is 6.03 Å². The van der Waals surface area contributed by atoms with E-state index in [4.69, 9.17) is 10.5 Å². The first-order chi connectivity index (χ1) is 14.3. The molecular weight excluding hydrogens is 399 g/mol. The molecule has 0 bridgehead atoms. The lowest BCUT2D eigenvalue weighted by atomic mass is 9.86. The number of halogens is 3. The van der Waals surface area contributed by atoms with Gasteiger partial charge in [0.1, 0.15) is 11.5 Å². The Labute approximate surface area is 172 Å². The zero-order chi connectivity index (χ0) is 21.7. The van der Waals surface area contributed by atoms with Crippen LogP contribution in [-0.2, 0) is 6.54 Å². The van der Waals surface area contributed by atoms with Gasteiger partial charge in [0.25, 0.3) is 0 Å². The quantitative estimate of drug-likeness (QED) is 0.744. The van der Waals surface area contributed by atoms with Gasteiger partial charge in [0.05, 0.1) is 7.11 Å². The van der Waals surface area contributed by atoms with Crippen LogP contribution in [-0.4, -0.2) is 43.5 Å². The second-order valence-electron chi connectivity index (χ2n) is 7.10. The normalized spacial score (nSPS) is 19.4. The van der Waals surface area contributed by atoms with E-state index in [9.17, 15) is 18.0 Å². The number of primary amides is 1. The average Bonchev–Trinajstić information content (AvgIpc) is 2.71. The summed E-state index contributed by atoms with van der Waals surface area (Å²) in [5.41, 5.74) is 7.07. The molecule has 0 aromatic heterocycles. The maximum absolute atomic E-state index is 12.6. The Morgan fingerprint density at radius 1 is 1.23 bits per heavy atom. The highest BCUT2D eigenvalue weighted by atomic mass is 19.4. The minimum Gasteiger partial charge on any atom is -0.496 e. The van der Waals surface area contributed by atoms with Crippen LogP contribution in [0.25, 0.3) is 0 Å². The number of benzene rings is 2. The molecule has 9 heteroatoms. The Morgan fingerprint density at radius 3 is 2.60 bits per heavy atom. The molecule has 1 fully saturated rings. The van der Waals surface area contributed by atoms with E-state index >= 15 is 0 Å². The predicted molar refractivity (Wildman–Crippen MR) is 105 cm³/mol. The second-order valence-corrected chi connectivity index (χ2v) is 7.10. The number of hydrogen-bond acceptors (Lipinski definition) is 4. The Kier molecular flexibility index (Phi) is 6.71. The smallest absolute Gasteiger partial charge is 0.496 e. The van der Waals surface area contributed by atoms with Crippen LogP contribution in [0.15, 0.2) is 48.5 Å². The van der Waals surface area contributed by atoms with Gasteiger partial charge in [-0.15, -0.1) is 13.2 Å². The van der Waals surface area contributed by atoms with Gasteiger partial charge in [-0.25, -0.2) is 4.79 Å². The molecule has 0 spiro atoms. The van der Waals surface area contributed by atoms with Gasteiger partial charge in [-0.2, -0.15) is 0 Å². The predicted octanol–water partition coefficient (Wildman–Crippen LogP) is 3.62. The van der Waals surface area contributed by atoms with E-state index in [0.717, 1.165) is 5.56 Å². The number of piperidine rings is 1. The molecule has 2 aromatic rings. The van der Waals surface area contributed by atoms with Crippen LogP contribution < -0.4 is 20.5 Å². The largest absolute Gasteiger partial charge is 0.573 e. The number of urea groups is 1. The van der Waals surface area contributed by atoms with Crippen molar-refractivity contribution in [1.29, 1.82) is 0 Å². The molecule has 6 nitrogen and oxygen atoms in total. The molecule has 0 saturated carbocycles. The number of hydrogen-bond donors (Lipinski definition) is 2. The molecule has 0 radical (unpaired) electrons. The van der Waals surface area contributed by atoms with Gasteiger partial charge in [0.15, 0.2) is 0 Å². The van der Waals surface area contributed by atoms with Crippen LogP contribution in [0.1, 0.15) is 23.5 Å². The third kappa shape index (κ3) is 5.56. The van der Waals surface area contributed by atoms with Crippen LogP contribution in [0, 0.1) is 0 Å². The molecule has 30 heavy (non-hydrogen) atoms. The fraction of sp³-hybridized carbons (Fsp3) is 0.381. The minimum atomic E-state index is -4.76. The lowest BCUT2D eigenvalue weighted by Crippen LogP contribution is -2.51. The van der Waals surface area contributed by atoms with E-state index in [1.807, 2.05) is 30.3 Å². The number of likely N-dealkylation sites (tertiary alicyclic amines) is 1. The molecule has 1 saturated heterocycles. The number of nitrogens with one attached hydrogen (secondary N) is 1. The summed E-state index contributed by atoms with van der Waals surface area (Å²) in [5.74, 6) is 0.152. The Morgan fingerprint density at radius 2 is 1.97 bits per heavy atom. The van der Waals surface area contributed by atoms with Crippen LogP contribution in [0.3, 0.4) is 0 Å². The third-order valence-electron chi connectivity index (χ3n) is 5.19. The first kappa shape index (κ1) is 21.8. The molecule has 1 aliphatic heterocycles. The van der Waals surface area contributed by atoms with Crippen molar-refractivity contribution in [2.75, 3.05) is 20.2 Å². The van der Waals surface area contributed by atoms with E-state index in [0.29, 0.717) is 30.8 Å². The summed E-state index contributed by atoms with van der Waals surface area (Å²) in [6, 6.07) is 13.3. The fourth-order valence-electron chi connectivity index (χ4n) is 3.77. The van der Waals surface area contributed by atoms with Gasteiger partial charge in [-0.3, -0.25) is 0 Å². The monoisotopic (exact) mass is 423 g/mol. The third-order valence-corrected chi connectivity index (χ3v) is 5.19. The molecule has 2 atom stereocenters. The number of nitrogens with two attached hydrogens (primary N) is 1. The summed E-state index contributed by atoms with van der Waals surface area (Å²) in [7, 11) is 1.46.